The smallest absolute Gasteiger partial charge is 0.446 e. The molecule has 0 aromatic heterocycles. The fraction of sp³-hybridized carbons (Fsp3) is 0.607. The second-order valence-electron chi connectivity index (χ2n) is 10.5. The molecule has 0 spiro atoms. The summed E-state index contributed by atoms with van der Waals surface area (Å²) in [5, 5.41) is 8.97. The molecule has 8 heteroatoms. The number of hydrogen-bond donors (Lipinski definition) is 2. The van der Waals surface area contributed by atoms with Crippen LogP contribution >= 0.6 is 0 Å². The monoisotopic (exact) mass is 522 g/mol. The minimum Gasteiger partial charge on any atom is -0.487 e. The third-order valence-electron chi connectivity index (χ3n) is 7.16. The number of hydrogen-bond acceptors (Lipinski definition) is 5. The Kier molecular flexibility index (Phi) is 10.6. The molecule has 1 heterocycles. The Morgan fingerprint density at radius 3 is 2.44 bits per heavy atom. The predicted octanol–water partition coefficient (Wildman–Crippen LogP) is 6.91. The van der Waals surface area contributed by atoms with E-state index in [1.54, 1.807) is 19.9 Å². The maximum Gasteiger partial charge on any atom is 0.446 e. The lowest BCUT2D eigenvalue weighted by Crippen LogP contribution is -2.36. The van der Waals surface area contributed by atoms with Crippen molar-refractivity contribution in [3.63, 3.8) is 0 Å². The Labute approximate surface area is 216 Å². The van der Waals surface area contributed by atoms with Crippen molar-refractivity contribution in [1.29, 1.82) is 0 Å². The van der Waals surface area contributed by atoms with E-state index in [0.717, 1.165) is 68.2 Å². The largest absolute Gasteiger partial charge is 0.487 e. The standard InChI is InChI=1S/C28H42O7S/c1-19(12-8-14-21(3)27(29)30)10-7-11-20(2)13-9-16-28(6)17-15-24-18-25(35-36(31,32)33)22(4)23(5)26(24)34-28/h10,13,18,21H,7-9,11-12,14-17H2,1-6H3,(H,29,30)(H,31,32,33)/b19-10+,20-13+. The van der Waals surface area contributed by atoms with Gasteiger partial charge in [0.15, 0.2) is 0 Å². The fourth-order valence-corrected chi connectivity index (χ4v) is 4.91. The van der Waals surface area contributed by atoms with Crippen molar-refractivity contribution >= 4 is 16.4 Å². The number of benzene rings is 1. The summed E-state index contributed by atoms with van der Waals surface area (Å²) in [5.74, 6) is -0.0867. The fourth-order valence-electron chi connectivity index (χ4n) is 4.51. The summed E-state index contributed by atoms with van der Waals surface area (Å²) in [6.07, 6.45) is 12.4. The van der Waals surface area contributed by atoms with Crippen LogP contribution in [0.5, 0.6) is 11.5 Å². The third kappa shape index (κ3) is 9.28. The molecular weight excluding hydrogens is 480 g/mol. The van der Waals surface area contributed by atoms with Crippen LogP contribution in [0.15, 0.2) is 29.4 Å². The molecule has 2 rings (SSSR count). The molecule has 0 saturated heterocycles. The van der Waals surface area contributed by atoms with Gasteiger partial charge in [-0.1, -0.05) is 30.2 Å². The second-order valence-corrected chi connectivity index (χ2v) is 11.5. The first-order chi connectivity index (χ1) is 16.7. The number of carboxylic acids is 1. The van der Waals surface area contributed by atoms with Crippen LogP contribution in [0.2, 0.25) is 0 Å². The van der Waals surface area contributed by atoms with Crippen LogP contribution in [0, 0.1) is 19.8 Å². The van der Waals surface area contributed by atoms with E-state index in [0.29, 0.717) is 12.0 Å². The number of fused-ring (bicyclic) bond motifs is 1. The first kappa shape index (κ1) is 29.9. The minimum absolute atomic E-state index is 0.138. The number of aliphatic carboxylic acids is 1. The van der Waals surface area contributed by atoms with Gasteiger partial charge in [-0.25, -0.2) is 0 Å². The van der Waals surface area contributed by atoms with Crippen molar-refractivity contribution in [3.05, 3.63) is 46.1 Å². The molecule has 0 aliphatic carbocycles. The molecule has 0 amide bonds. The molecule has 1 aromatic carbocycles. The van der Waals surface area contributed by atoms with Crippen molar-refractivity contribution < 1.29 is 31.8 Å². The number of allylic oxidation sites excluding steroid dienone is 4. The van der Waals surface area contributed by atoms with E-state index in [4.69, 9.17) is 18.6 Å². The van der Waals surface area contributed by atoms with Crippen LogP contribution in [0.4, 0.5) is 0 Å². The molecule has 1 aliphatic rings. The highest BCUT2D eigenvalue weighted by Crippen LogP contribution is 2.42. The molecule has 0 fully saturated rings. The SMILES string of the molecule is C/C(=C\CCC1(C)CCc2cc(OS(=O)(=O)O)c(C)c(C)c2O1)CC/C=C(\C)CCCC(C)C(=O)O. The summed E-state index contributed by atoms with van der Waals surface area (Å²) in [5.41, 5.74) is 4.70. The zero-order chi connectivity index (χ0) is 27.1. The average Bonchev–Trinajstić information content (AvgIpc) is 2.77. The molecule has 2 atom stereocenters. The highest BCUT2D eigenvalue weighted by atomic mass is 32.3. The lowest BCUT2D eigenvalue weighted by molar-refractivity contribution is -0.141. The van der Waals surface area contributed by atoms with Gasteiger partial charge >= 0.3 is 16.4 Å². The molecule has 0 bridgehead atoms. The van der Waals surface area contributed by atoms with Crippen LogP contribution in [-0.4, -0.2) is 29.6 Å². The Balaban J connectivity index is 1.87. The van der Waals surface area contributed by atoms with Crippen LogP contribution in [-0.2, 0) is 21.6 Å². The van der Waals surface area contributed by atoms with E-state index < -0.39 is 16.4 Å². The summed E-state index contributed by atoms with van der Waals surface area (Å²) in [4.78, 5) is 10.9. The van der Waals surface area contributed by atoms with E-state index in [1.165, 1.54) is 11.1 Å². The Bertz CT molecular complexity index is 1100. The van der Waals surface area contributed by atoms with Crippen LogP contribution in [0.3, 0.4) is 0 Å². The molecule has 1 aliphatic heterocycles. The molecule has 2 N–H and O–H groups in total. The topological polar surface area (TPSA) is 110 Å². The molecule has 2 unspecified atom stereocenters. The van der Waals surface area contributed by atoms with Crippen molar-refractivity contribution in [2.45, 2.75) is 105 Å². The number of ether oxygens (including phenoxy) is 1. The van der Waals surface area contributed by atoms with E-state index >= 15 is 0 Å². The number of carboxylic acid groups (broad SMARTS) is 1. The molecule has 7 nitrogen and oxygen atoms in total. The van der Waals surface area contributed by atoms with Gasteiger partial charge in [-0.05, 0) is 115 Å². The van der Waals surface area contributed by atoms with Gasteiger partial charge in [0.25, 0.3) is 0 Å². The van der Waals surface area contributed by atoms with Crippen molar-refractivity contribution in [1.82, 2.24) is 0 Å². The molecule has 36 heavy (non-hydrogen) atoms. The first-order valence-corrected chi connectivity index (χ1v) is 14.1. The van der Waals surface area contributed by atoms with Gasteiger partial charge in [0.2, 0.25) is 0 Å². The molecular formula is C28H42O7S. The quantitative estimate of drug-likeness (QED) is 0.214. The van der Waals surface area contributed by atoms with Crippen molar-refractivity contribution in [2.75, 3.05) is 0 Å². The Morgan fingerprint density at radius 1 is 1.17 bits per heavy atom. The summed E-state index contributed by atoms with van der Waals surface area (Å²) < 4.78 is 42.6. The van der Waals surface area contributed by atoms with Gasteiger partial charge < -0.3 is 14.0 Å². The zero-order valence-electron chi connectivity index (χ0n) is 22.5. The third-order valence-corrected chi connectivity index (χ3v) is 7.55. The van der Waals surface area contributed by atoms with Gasteiger partial charge in [0.05, 0.1) is 5.92 Å². The van der Waals surface area contributed by atoms with Crippen LogP contribution < -0.4 is 8.92 Å². The lowest BCUT2D eigenvalue weighted by Gasteiger charge is -2.37. The van der Waals surface area contributed by atoms with Crippen LogP contribution in [0.25, 0.3) is 0 Å². The van der Waals surface area contributed by atoms with Gasteiger partial charge in [-0.15, -0.1) is 0 Å². The van der Waals surface area contributed by atoms with Gasteiger partial charge in [0, 0.05) is 0 Å². The highest BCUT2D eigenvalue weighted by Gasteiger charge is 2.33. The van der Waals surface area contributed by atoms with E-state index in [9.17, 15) is 13.2 Å². The first-order valence-electron chi connectivity index (χ1n) is 12.7. The summed E-state index contributed by atoms with van der Waals surface area (Å²) in [6.45, 7) is 11.8. The van der Waals surface area contributed by atoms with Crippen LogP contribution in [0.1, 0.15) is 95.8 Å². The summed E-state index contributed by atoms with van der Waals surface area (Å²) >= 11 is 0. The molecule has 0 radical (unpaired) electrons. The van der Waals surface area contributed by atoms with E-state index in [1.807, 2.05) is 6.92 Å². The average molecular weight is 523 g/mol. The number of rotatable bonds is 13. The summed E-state index contributed by atoms with van der Waals surface area (Å²) in [6, 6.07) is 1.65. The lowest BCUT2D eigenvalue weighted by atomic mass is 9.87. The maximum absolute atomic E-state index is 11.2. The highest BCUT2D eigenvalue weighted by molar-refractivity contribution is 7.81. The normalized spacial score (nSPS) is 19.4. The predicted molar refractivity (Wildman–Crippen MR) is 142 cm³/mol. The second kappa shape index (κ2) is 12.8. The minimum atomic E-state index is -4.58. The maximum atomic E-state index is 11.2. The Hall–Kier alpha value is -2.32. The van der Waals surface area contributed by atoms with Crippen molar-refractivity contribution in [2.24, 2.45) is 5.92 Å². The van der Waals surface area contributed by atoms with Gasteiger partial charge in [-0.2, -0.15) is 8.42 Å². The molecule has 1 aromatic rings. The molecule has 0 saturated carbocycles. The summed E-state index contributed by atoms with van der Waals surface area (Å²) in [7, 11) is -4.58. The number of carbonyl (C=O) groups is 1. The zero-order valence-corrected chi connectivity index (χ0v) is 23.3. The van der Waals surface area contributed by atoms with Gasteiger partial charge in [-0.3, -0.25) is 9.35 Å². The Morgan fingerprint density at radius 2 is 1.81 bits per heavy atom. The van der Waals surface area contributed by atoms with Gasteiger partial charge in [0.1, 0.15) is 17.1 Å². The van der Waals surface area contributed by atoms with E-state index in [-0.39, 0.29) is 17.3 Å². The molecule has 202 valence electrons. The van der Waals surface area contributed by atoms with E-state index in [2.05, 4.69) is 32.9 Å². The number of aryl methyl sites for hydroxylation is 1. The van der Waals surface area contributed by atoms with Crippen molar-refractivity contribution in [3.8, 4) is 11.5 Å².